The van der Waals surface area contributed by atoms with Crippen LogP contribution in [-0.2, 0) is 48.1 Å². The first-order valence-electron chi connectivity index (χ1n) is 19.6. The van der Waals surface area contributed by atoms with Crippen molar-refractivity contribution in [3.8, 4) is 0 Å². The van der Waals surface area contributed by atoms with E-state index in [-0.39, 0.29) is 34.8 Å². The fourth-order valence-electron chi connectivity index (χ4n) is 11.0. The lowest BCUT2D eigenvalue weighted by atomic mass is 9.59. The highest BCUT2D eigenvalue weighted by Gasteiger charge is 2.72. The van der Waals surface area contributed by atoms with Gasteiger partial charge in [-0.05, 0) is 64.2 Å². The summed E-state index contributed by atoms with van der Waals surface area (Å²) in [5, 5.41) is 5.15. The summed E-state index contributed by atoms with van der Waals surface area (Å²) in [6.45, 7) is 8.95. The van der Waals surface area contributed by atoms with Crippen LogP contribution >= 0.6 is 0 Å². The molecule has 0 unspecified atom stereocenters. The second-order valence-corrected chi connectivity index (χ2v) is 18.2. The van der Waals surface area contributed by atoms with Crippen LogP contribution in [0, 0.1) is 40.9 Å². The topological polar surface area (TPSA) is 132 Å². The third-order valence-corrected chi connectivity index (χ3v) is 14.0. The summed E-state index contributed by atoms with van der Waals surface area (Å²) in [4.78, 5) is 50.5. The number of halogens is 6. The maximum Gasteiger partial charge on any atom is 0.449 e. The van der Waals surface area contributed by atoms with Crippen LogP contribution in [0.25, 0.3) is 0 Å². The maximum atomic E-state index is 14.7. The predicted octanol–water partition coefficient (Wildman–Crippen LogP) is 6.76. The number of ether oxygens (including phenoxy) is 4. The molecule has 8 heterocycles. The Morgan fingerprint density at radius 3 is 1.52 bits per heavy atom. The zero-order valence-electron chi connectivity index (χ0n) is 32.2. The van der Waals surface area contributed by atoms with Gasteiger partial charge >= 0.3 is 12.4 Å². The van der Waals surface area contributed by atoms with Gasteiger partial charge in [0.05, 0.1) is 5.41 Å². The molecule has 4 bridgehead atoms. The molecule has 2 amide bonds. The van der Waals surface area contributed by atoms with E-state index in [0.717, 1.165) is 0 Å². The molecule has 12 atom stereocenters. The smallest absolute Gasteiger partial charge is 0.449 e. The maximum absolute atomic E-state index is 14.7. The molecular formula is C38H50F6N2O10. The lowest BCUT2D eigenvalue weighted by molar-refractivity contribution is -0.557. The van der Waals surface area contributed by atoms with Crippen molar-refractivity contribution < 1.29 is 74.4 Å². The number of hydrogen-bond acceptors (Lipinski definition) is 10. The molecule has 10 aliphatic rings. The Morgan fingerprint density at radius 2 is 1.09 bits per heavy atom. The summed E-state index contributed by atoms with van der Waals surface area (Å²) < 4.78 is 111. The summed E-state index contributed by atoms with van der Waals surface area (Å²) in [6, 6.07) is 0. The molecule has 0 aromatic rings. The van der Waals surface area contributed by atoms with E-state index in [1.54, 1.807) is 13.8 Å². The van der Waals surface area contributed by atoms with E-state index in [4.69, 9.17) is 38.5 Å². The Balaban J connectivity index is 0.989. The van der Waals surface area contributed by atoms with E-state index in [2.05, 4.69) is 10.6 Å². The fourth-order valence-corrected chi connectivity index (χ4v) is 11.0. The SMILES string of the molecule is C[C@@H]1CC[C@H]2C(CNC(=O)CC(C)(C)C(=O)NCC3=C(C(F)(F)F)O[C@@H]4O[C@]5(C)CC[C@H]6[C@H](C)CC[C@@H]3[C@@]46OO5)=C(C(F)(F)F)O[C@@H]3O[C@]4(C)CC[C@@H]1[C@]32OO4. The molecule has 0 aromatic heterocycles. The number of carbonyl (C=O) groups excluding carboxylic acids is 2. The molecule has 8 aliphatic heterocycles. The molecule has 6 saturated heterocycles. The zero-order chi connectivity index (χ0) is 40.4. The minimum absolute atomic E-state index is 0.0675. The monoisotopic (exact) mass is 808 g/mol. The molecule has 2 N–H and O–H groups in total. The highest BCUT2D eigenvalue weighted by Crippen LogP contribution is 2.63. The van der Waals surface area contributed by atoms with Crippen molar-refractivity contribution in [3.05, 3.63) is 22.7 Å². The Bertz CT molecular complexity index is 1700. The molecule has 314 valence electrons. The van der Waals surface area contributed by atoms with Crippen LogP contribution in [0.4, 0.5) is 26.3 Å². The third-order valence-electron chi connectivity index (χ3n) is 14.0. The first kappa shape index (κ1) is 40.2. The largest absolute Gasteiger partial charge is 0.456 e. The number of fused-ring (bicyclic) bond motifs is 4. The number of hydrogen-bond donors (Lipinski definition) is 2. The van der Waals surface area contributed by atoms with E-state index < -0.39 is 108 Å². The highest BCUT2D eigenvalue weighted by molar-refractivity contribution is 5.88. The first-order valence-corrected chi connectivity index (χ1v) is 19.6. The van der Waals surface area contributed by atoms with Crippen LogP contribution in [0.5, 0.6) is 0 Å². The van der Waals surface area contributed by atoms with Crippen LogP contribution in [0.3, 0.4) is 0 Å². The second kappa shape index (κ2) is 13.2. The van der Waals surface area contributed by atoms with Gasteiger partial charge in [-0.2, -0.15) is 26.3 Å². The summed E-state index contributed by atoms with van der Waals surface area (Å²) >= 11 is 0. The van der Waals surface area contributed by atoms with Gasteiger partial charge in [0.2, 0.25) is 47.5 Å². The molecule has 18 heteroatoms. The van der Waals surface area contributed by atoms with Crippen molar-refractivity contribution in [1.82, 2.24) is 10.6 Å². The molecule has 56 heavy (non-hydrogen) atoms. The normalized spacial score (nSPS) is 43.1. The van der Waals surface area contributed by atoms with Crippen LogP contribution in [0.15, 0.2) is 22.7 Å². The number of carbonyl (C=O) groups is 2. The lowest BCUT2D eigenvalue weighted by Gasteiger charge is -2.57. The van der Waals surface area contributed by atoms with Crippen molar-refractivity contribution in [2.75, 3.05) is 13.1 Å². The number of amides is 2. The third kappa shape index (κ3) is 6.25. The molecule has 0 aromatic carbocycles. The molecule has 0 radical (unpaired) electrons. The Morgan fingerprint density at radius 1 is 0.661 bits per heavy atom. The molecule has 2 saturated carbocycles. The van der Waals surface area contributed by atoms with Crippen molar-refractivity contribution in [2.24, 2.45) is 40.9 Å². The number of nitrogens with one attached hydrogen (secondary N) is 2. The van der Waals surface area contributed by atoms with Gasteiger partial charge in [-0.3, -0.25) is 9.59 Å². The van der Waals surface area contributed by atoms with Gasteiger partial charge in [0.15, 0.2) is 11.2 Å². The van der Waals surface area contributed by atoms with Crippen LogP contribution < -0.4 is 10.6 Å². The van der Waals surface area contributed by atoms with Crippen LogP contribution in [-0.4, -0.2) is 72.6 Å². The molecule has 12 nitrogen and oxygen atoms in total. The van der Waals surface area contributed by atoms with Crippen molar-refractivity contribution in [1.29, 1.82) is 0 Å². The summed E-state index contributed by atoms with van der Waals surface area (Å²) in [7, 11) is 0. The number of alkyl halides is 6. The predicted molar refractivity (Wildman–Crippen MR) is 178 cm³/mol. The minimum atomic E-state index is -4.92. The summed E-state index contributed by atoms with van der Waals surface area (Å²) in [6.07, 6.45) is -9.40. The van der Waals surface area contributed by atoms with Crippen molar-refractivity contribution >= 4 is 11.8 Å². The zero-order valence-corrected chi connectivity index (χ0v) is 32.2. The van der Waals surface area contributed by atoms with Gasteiger partial charge in [-0.1, -0.05) is 27.7 Å². The van der Waals surface area contributed by atoms with Crippen molar-refractivity contribution in [3.63, 3.8) is 0 Å². The van der Waals surface area contributed by atoms with Crippen LogP contribution in [0.2, 0.25) is 0 Å². The average Bonchev–Trinajstić information content (AvgIpc) is 3.48. The van der Waals surface area contributed by atoms with Gasteiger partial charge in [-0.15, -0.1) is 0 Å². The van der Waals surface area contributed by atoms with Gasteiger partial charge < -0.3 is 29.6 Å². The van der Waals surface area contributed by atoms with Gasteiger partial charge in [-0.25, -0.2) is 19.6 Å². The van der Waals surface area contributed by atoms with E-state index in [9.17, 15) is 35.9 Å². The van der Waals surface area contributed by atoms with E-state index in [1.165, 1.54) is 13.8 Å². The molecule has 8 fully saturated rings. The van der Waals surface area contributed by atoms with E-state index >= 15 is 0 Å². The van der Waals surface area contributed by atoms with E-state index in [1.807, 2.05) is 13.8 Å². The highest BCUT2D eigenvalue weighted by atomic mass is 19.4. The quantitative estimate of drug-likeness (QED) is 0.210. The van der Waals surface area contributed by atoms with Crippen LogP contribution in [0.1, 0.15) is 99.3 Å². The lowest BCUT2D eigenvalue weighted by Crippen LogP contribution is -2.67. The Labute approximate surface area is 320 Å². The molecule has 2 spiro atoms. The Kier molecular flexibility index (Phi) is 9.45. The molecule has 10 rings (SSSR count). The van der Waals surface area contributed by atoms with Crippen molar-refractivity contribution in [2.45, 2.75) is 147 Å². The first-order chi connectivity index (χ1) is 26.0. The van der Waals surface area contributed by atoms with Gasteiger partial charge in [0.1, 0.15) is 0 Å². The van der Waals surface area contributed by atoms with E-state index in [0.29, 0.717) is 51.4 Å². The molecular weight excluding hydrogens is 758 g/mol. The van der Waals surface area contributed by atoms with Gasteiger partial charge in [0, 0.05) is 67.2 Å². The second-order valence-electron chi connectivity index (χ2n) is 18.2. The average molecular weight is 809 g/mol. The Hall–Kier alpha value is -2.64. The molecule has 2 aliphatic carbocycles. The summed E-state index contributed by atoms with van der Waals surface area (Å²) in [5.41, 5.74) is -4.67. The summed E-state index contributed by atoms with van der Waals surface area (Å²) in [5.74, 6) is -8.69. The standard InChI is InChI=1S/C38H50F6N2O10/c1-18-7-9-24-20(27(37(39,40)41)49-30-35(24)22(18)11-13-33(5,51-30)53-55-35)16-45-26(47)15-32(3,4)29(48)46-17-21-25-10-8-19(2)23-12-14-34(6)52-31(36(23,25)56-54-34)50-28(21)38(42,43)44/h18-19,22-25,30-31H,7-17H2,1-6H3,(H,45,47)(H,46,48)/t18-,19-,22+,23+,24+,25+,30-,31-,33+,34+,35-,36-/m1/s1. The number of rotatable bonds is 7. The van der Waals surface area contributed by atoms with Gasteiger partial charge in [0.25, 0.3) is 0 Å². The minimum Gasteiger partial charge on any atom is -0.456 e. The number of allylic oxidation sites excluding steroid dienone is 2. The fraction of sp³-hybridized carbons (Fsp3) is 0.842.